The largest absolute Gasteiger partial charge is 0.492 e. The fourth-order valence-electron chi connectivity index (χ4n) is 4.07. The highest BCUT2D eigenvalue weighted by atomic mass is 16.5. The van der Waals surface area contributed by atoms with Crippen LogP contribution in [0.1, 0.15) is 67.4 Å². The molecule has 166 valence electrons. The molecule has 4 nitrogen and oxygen atoms in total. The summed E-state index contributed by atoms with van der Waals surface area (Å²) in [5.74, 6) is 1.60. The Balaban J connectivity index is 1.95. The van der Waals surface area contributed by atoms with Crippen molar-refractivity contribution in [3.8, 4) is 5.75 Å². The smallest absolute Gasteiger partial charge is 0.197 e. The zero-order valence-electron chi connectivity index (χ0n) is 20.0. The summed E-state index contributed by atoms with van der Waals surface area (Å²) >= 11 is 0. The number of likely N-dealkylation sites (N-methyl/N-ethyl adjacent to an activating group) is 1. The third-order valence-corrected chi connectivity index (χ3v) is 5.77. The number of para-hydroxylation sites is 1. The first-order valence-electron chi connectivity index (χ1n) is 11.2. The number of carbonyl (C=O) groups excluding carboxylic acids is 1. The van der Waals surface area contributed by atoms with Gasteiger partial charge >= 0.3 is 0 Å². The molecule has 0 saturated heterocycles. The van der Waals surface area contributed by atoms with Gasteiger partial charge in [0.1, 0.15) is 23.7 Å². The lowest BCUT2D eigenvalue weighted by atomic mass is 9.86. The summed E-state index contributed by atoms with van der Waals surface area (Å²) in [6, 6.07) is 11.7. The second kappa shape index (κ2) is 9.27. The molecule has 31 heavy (non-hydrogen) atoms. The molecule has 1 heterocycles. The van der Waals surface area contributed by atoms with E-state index in [1.54, 1.807) is 0 Å². The lowest BCUT2D eigenvalue weighted by Crippen LogP contribution is -2.28. The second-order valence-electron chi connectivity index (χ2n) is 9.20. The molecule has 0 aliphatic rings. The lowest BCUT2D eigenvalue weighted by Gasteiger charge is -2.20. The van der Waals surface area contributed by atoms with Gasteiger partial charge in [-0.25, -0.2) is 0 Å². The molecule has 0 amide bonds. The van der Waals surface area contributed by atoms with Gasteiger partial charge in [-0.1, -0.05) is 52.8 Å². The Morgan fingerprint density at radius 2 is 1.65 bits per heavy atom. The zero-order chi connectivity index (χ0) is 22.8. The van der Waals surface area contributed by atoms with E-state index in [1.165, 1.54) is 0 Å². The van der Waals surface area contributed by atoms with Gasteiger partial charge in [0.2, 0.25) is 0 Å². The Kier molecular flexibility index (Phi) is 6.90. The number of carbonyl (C=O) groups is 1. The van der Waals surface area contributed by atoms with Crippen LogP contribution in [0.2, 0.25) is 0 Å². The van der Waals surface area contributed by atoms with Crippen molar-refractivity contribution in [2.24, 2.45) is 0 Å². The van der Waals surface area contributed by atoms with E-state index in [4.69, 9.17) is 9.15 Å². The van der Waals surface area contributed by atoms with E-state index in [1.807, 2.05) is 50.2 Å². The van der Waals surface area contributed by atoms with E-state index in [-0.39, 0.29) is 11.2 Å². The summed E-state index contributed by atoms with van der Waals surface area (Å²) in [5.41, 5.74) is 3.77. The number of rotatable bonds is 8. The van der Waals surface area contributed by atoms with E-state index in [2.05, 4.69) is 39.5 Å². The first kappa shape index (κ1) is 23.1. The minimum atomic E-state index is -0.276. The summed E-state index contributed by atoms with van der Waals surface area (Å²) in [5, 5.41) is 0.868. The van der Waals surface area contributed by atoms with E-state index < -0.39 is 0 Å². The maximum absolute atomic E-state index is 13.7. The first-order chi connectivity index (χ1) is 14.7. The van der Waals surface area contributed by atoms with Crippen molar-refractivity contribution >= 4 is 16.8 Å². The van der Waals surface area contributed by atoms with Gasteiger partial charge in [0.15, 0.2) is 5.78 Å². The van der Waals surface area contributed by atoms with Crippen molar-refractivity contribution in [3.05, 3.63) is 64.4 Å². The molecule has 1 aromatic heterocycles. The van der Waals surface area contributed by atoms with Crippen molar-refractivity contribution in [1.29, 1.82) is 0 Å². The molecule has 0 aliphatic heterocycles. The van der Waals surface area contributed by atoms with Gasteiger partial charge in [-0.05, 0) is 56.3 Å². The molecule has 3 aromatic rings. The lowest BCUT2D eigenvalue weighted by molar-refractivity contribution is 0.103. The minimum absolute atomic E-state index is 0.00392. The van der Waals surface area contributed by atoms with Crippen molar-refractivity contribution in [2.75, 3.05) is 26.2 Å². The van der Waals surface area contributed by atoms with Gasteiger partial charge in [0.05, 0.1) is 5.56 Å². The highest BCUT2D eigenvalue weighted by molar-refractivity contribution is 6.17. The molecule has 4 heteroatoms. The van der Waals surface area contributed by atoms with Crippen LogP contribution in [0.5, 0.6) is 5.75 Å². The van der Waals surface area contributed by atoms with Crippen molar-refractivity contribution < 1.29 is 13.9 Å². The monoisotopic (exact) mass is 421 g/mol. The Bertz CT molecular complexity index is 1040. The summed E-state index contributed by atoms with van der Waals surface area (Å²) in [4.78, 5) is 16.0. The predicted octanol–water partition coefficient (Wildman–Crippen LogP) is 6.30. The van der Waals surface area contributed by atoms with Crippen molar-refractivity contribution in [2.45, 2.75) is 53.9 Å². The number of fused-ring (bicyclic) bond motifs is 1. The van der Waals surface area contributed by atoms with E-state index in [0.29, 0.717) is 17.7 Å². The van der Waals surface area contributed by atoms with E-state index in [9.17, 15) is 4.79 Å². The molecule has 3 rings (SSSR count). The number of ketones is 1. The molecular weight excluding hydrogens is 386 g/mol. The SMILES string of the molecule is CCN(CC)CCOc1c(C)cc(C(=O)c2c(C(C)(C)C)oc3ccccc23)cc1C. The van der Waals surface area contributed by atoms with Crippen LogP contribution in [0.4, 0.5) is 0 Å². The Labute approximate surface area is 186 Å². The average molecular weight is 422 g/mol. The van der Waals surface area contributed by atoms with Crippen LogP contribution in [0, 0.1) is 13.8 Å². The Morgan fingerprint density at radius 3 is 2.23 bits per heavy atom. The van der Waals surface area contributed by atoms with Gasteiger partial charge < -0.3 is 14.1 Å². The van der Waals surface area contributed by atoms with Crippen LogP contribution < -0.4 is 4.74 Å². The summed E-state index contributed by atoms with van der Waals surface area (Å²) < 4.78 is 12.2. The first-order valence-corrected chi connectivity index (χ1v) is 11.2. The Morgan fingerprint density at radius 1 is 1.03 bits per heavy atom. The fourth-order valence-corrected chi connectivity index (χ4v) is 4.07. The third kappa shape index (κ3) is 4.85. The van der Waals surface area contributed by atoms with Gasteiger partial charge in [0.25, 0.3) is 0 Å². The average Bonchev–Trinajstić information content (AvgIpc) is 3.12. The van der Waals surface area contributed by atoms with Crippen LogP contribution >= 0.6 is 0 Å². The molecule has 0 bridgehead atoms. The van der Waals surface area contributed by atoms with E-state index >= 15 is 0 Å². The molecular formula is C27H35NO3. The van der Waals surface area contributed by atoms with E-state index in [0.717, 1.165) is 53.2 Å². The van der Waals surface area contributed by atoms with Crippen LogP contribution in [-0.4, -0.2) is 36.9 Å². The normalized spacial score (nSPS) is 12.0. The molecule has 0 spiro atoms. The number of aryl methyl sites for hydroxylation is 2. The molecule has 0 saturated carbocycles. The maximum atomic E-state index is 13.7. The Hall–Kier alpha value is -2.59. The van der Waals surface area contributed by atoms with Crippen LogP contribution in [0.25, 0.3) is 11.0 Å². The quantitative estimate of drug-likeness (QED) is 0.400. The summed E-state index contributed by atoms with van der Waals surface area (Å²) in [6.07, 6.45) is 0. The van der Waals surface area contributed by atoms with Gasteiger partial charge in [-0.15, -0.1) is 0 Å². The van der Waals surface area contributed by atoms with Crippen molar-refractivity contribution in [1.82, 2.24) is 4.90 Å². The summed E-state index contributed by atoms with van der Waals surface area (Å²) in [6.45, 7) is 18.1. The fraction of sp³-hybridized carbons (Fsp3) is 0.444. The molecule has 0 aliphatic carbocycles. The molecule has 0 atom stereocenters. The molecule has 2 aromatic carbocycles. The predicted molar refractivity (Wildman–Crippen MR) is 128 cm³/mol. The molecule has 0 unspecified atom stereocenters. The van der Waals surface area contributed by atoms with Crippen LogP contribution in [-0.2, 0) is 5.41 Å². The molecule has 0 fully saturated rings. The number of ether oxygens (including phenoxy) is 1. The maximum Gasteiger partial charge on any atom is 0.197 e. The van der Waals surface area contributed by atoms with Crippen LogP contribution in [0.15, 0.2) is 40.8 Å². The summed E-state index contributed by atoms with van der Waals surface area (Å²) in [7, 11) is 0. The zero-order valence-corrected chi connectivity index (χ0v) is 20.0. The standard InChI is InChI=1S/C27H35NO3/c1-8-28(9-2)14-15-30-25-18(3)16-20(17-19(25)4)24(29)23-21-12-10-11-13-22(21)31-26(23)27(5,6)7/h10-13,16-17H,8-9,14-15H2,1-7H3. The molecule has 0 N–H and O–H groups in total. The second-order valence-corrected chi connectivity index (χ2v) is 9.20. The molecule has 0 radical (unpaired) electrons. The number of hydrogen-bond acceptors (Lipinski definition) is 4. The van der Waals surface area contributed by atoms with Gasteiger partial charge in [-0.3, -0.25) is 4.79 Å². The van der Waals surface area contributed by atoms with Crippen LogP contribution in [0.3, 0.4) is 0 Å². The number of furan rings is 1. The number of benzene rings is 2. The number of nitrogens with zero attached hydrogens (tertiary/aromatic N) is 1. The van der Waals surface area contributed by atoms with Gasteiger partial charge in [-0.2, -0.15) is 0 Å². The highest BCUT2D eigenvalue weighted by Crippen LogP contribution is 2.36. The highest BCUT2D eigenvalue weighted by Gasteiger charge is 2.30. The van der Waals surface area contributed by atoms with Crippen molar-refractivity contribution in [3.63, 3.8) is 0 Å². The third-order valence-electron chi connectivity index (χ3n) is 5.77. The van der Waals surface area contributed by atoms with Gasteiger partial charge in [0, 0.05) is 22.9 Å². The number of hydrogen-bond donors (Lipinski definition) is 0. The topological polar surface area (TPSA) is 42.7 Å². The minimum Gasteiger partial charge on any atom is -0.492 e.